The van der Waals surface area contributed by atoms with Crippen LogP contribution in [0.2, 0.25) is 0 Å². The van der Waals surface area contributed by atoms with Crippen molar-refractivity contribution in [3.8, 4) is 5.75 Å². The number of aryl methyl sites for hydroxylation is 1. The molecule has 0 fully saturated rings. The number of para-hydroxylation sites is 1. The molecule has 108 valence electrons. The minimum atomic E-state index is 0.273. The van der Waals surface area contributed by atoms with Crippen molar-refractivity contribution in [3.05, 3.63) is 47.8 Å². The van der Waals surface area contributed by atoms with E-state index in [1.165, 1.54) is 11.1 Å². The van der Waals surface area contributed by atoms with Gasteiger partial charge in [-0.05, 0) is 38.4 Å². The Morgan fingerprint density at radius 2 is 2.15 bits per heavy atom. The third-order valence-corrected chi connectivity index (χ3v) is 3.31. The van der Waals surface area contributed by atoms with Crippen molar-refractivity contribution in [1.82, 2.24) is 15.1 Å². The fourth-order valence-corrected chi connectivity index (χ4v) is 2.27. The van der Waals surface area contributed by atoms with Crippen LogP contribution in [0.25, 0.3) is 0 Å². The highest BCUT2D eigenvalue weighted by atomic mass is 16.5. The summed E-state index contributed by atoms with van der Waals surface area (Å²) in [5.41, 5.74) is 2.46. The van der Waals surface area contributed by atoms with E-state index in [0.717, 1.165) is 18.7 Å². The van der Waals surface area contributed by atoms with Crippen LogP contribution in [0.1, 0.15) is 31.0 Å². The van der Waals surface area contributed by atoms with E-state index in [2.05, 4.69) is 35.7 Å². The summed E-state index contributed by atoms with van der Waals surface area (Å²) in [6.45, 7) is 5.80. The van der Waals surface area contributed by atoms with Gasteiger partial charge in [0.15, 0.2) is 0 Å². The molecule has 1 atom stereocenters. The number of hydrogen-bond donors (Lipinski definition) is 1. The van der Waals surface area contributed by atoms with Gasteiger partial charge in [0, 0.05) is 24.8 Å². The summed E-state index contributed by atoms with van der Waals surface area (Å²) in [5.74, 6) is 0.969. The molecule has 0 radical (unpaired) electrons. The Balaban J connectivity index is 1.89. The fourth-order valence-electron chi connectivity index (χ4n) is 2.27. The van der Waals surface area contributed by atoms with Crippen LogP contribution in [-0.4, -0.2) is 22.9 Å². The van der Waals surface area contributed by atoms with Gasteiger partial charge >= 0.3 is 0 Å². The third kappa shape index (κ3) is 3.84. The number of ether oxygens (including phenoxy) is 1. The van der Waals surface area contributed by atoms with Crippen LogP contribution in [0.4, 0.5) is 0 Å². The molecule has 1 N–H and O–H groups in total. The van der Waals surface area contributed by atoms with Crippen molar-refractivity contribution in [3.63, 3.8) is 0 Å². The zero-order valence-electron chi connectivity index (χ0n) is 12.5. The summed E-state index contributed by atoms with van der Waals surface area (Å²) in [6, 6.07) is 8.48. The average molecular weight is 273 g/mol. The predicted octanol–water partition coefficient (Wildman–Crippen LogP) is 2.71. The van der Waals surface area contributed by atoms with Crippen LogP contribution in [0.15, 0.2) is 36.7 Å². The lowest BCUT2D eigenvalue weighted by Gasteiger charge is -2.17. The molecule has 20 heavy (non-hydrogen) atoms. The average Bonchev–Trinajstić information content (AvgIpc) is 2.85. The Hall–Kier alpha value is -1.81. The molecule has 0 aliphatic rings. The van der Waals surface area contributed by atoms with Gasteiger partial charge in [-0.1, -0.05) is 18.2 Å². The summed E-state index contributed by atoms with van der Waals surface area (Å²) in [7, 11) is 1.94. The maximum atomic E-state index is 5.67. The van der Waals surface area contributed by atoms with Gasteiger partial charge in [-0.25, -0.2) is 0 Å². The number of aromatic nitrogens is 2. The molecule has 1 heterocycles. The lowest BCUT2D eigenvalue weighted by Crippen LogP contribution is -2.21. The zero-order valence-corrected chi connectivity index (χ0v) is 12.5. The standard InChI is InChI=1S/C16H23N3O/c1-4-20-16-8-6-5-7-15(16)13(2)17-10-9-14-11-18-19(3)12-14/h5-8,11-13,17H,4,9-10H2,1-3H3. The first-order valence-electron chi connectivity index (χ1n) is 7.13. The number of rotatable bonds is 7. The van der Waals surface area contributed by atoms with Crippen LogP contribution in [0.3, 0.4) is 0 Å². The number of nitrogens with one attached hydrogen (secondary N) is 1. The summed E-state index contributed by atoms with van der Waals surface area (Å²) in [5, 5.41) is 7.72. The molecule has 0 bridgehead atoms. The second kappa shape index (κ2) is 7.10. The van der Waals surface area contributed by atoms with Gasteiger partial charge in [-0.3, -0.25) is 4.68 Å². The quantitative estimate of drug-likeness (QED) is 0.843. The van der Waals surface area contributed by atoms with Gasteiger partial charge in [-0.2, -0.15) is 5.10 Å². The second-order valence-electron chi connectivity index (χ2n) is 4.92. The normalized spacial score (nSPS) is 12.3. The highest BCUT2D eigenvalue weighted by Gasteiger charge is 2.10. The van der Waals surface area contributed by atoms with E-state index in [1.54, 1.807) is 0 Å². The van der Waals surface area contributed by atoms with Crippen molar-refractivity contribution in [1.29, 1.82) is 0 Å². The van der Waals surface area contributed by atoms with E-state index in [-0.39, 0.29) is 6.04 Å². The fraction of sp³-hybridized carbons (Fsp3) is 0.438. The van der Waals surface area contributed by atoms with Crippen LogP contribution < -0.4 is 10.1 Å². The van der Waals surface area contributed by atoms with Gasteiger partial charge in [-0.15, -0.1) is 0 Å². The third-order valence-electron chi connectivity index (χ3n) is 3.31. The molecule has 2 aromatic rings. The van der Waals surface area contributed by atoms with E-state index < -0.39 is 0 Å². The first kappa shape index (κ1) is 14.6. The lowest BCUT2D eigenvalue weighted by atomic mass is 10.1. The van der Waals surface area contributed by atoms with E-state index in [9.17, 15) is 0 Å². The maximum absolute atomic E-state index is 5.67. The Kier molecular flexibility index (Phi) is 5.18. The molecule has 0 spiro atoms. The number of hydrogen-bond acceptors (Lipinski definition) is 3. The van der Waals surface area contributed by atoms with Crippen molar-refractivity contribution >= 4 is 0 Å². The van der Waals surface area contributed by atoms with Crippen LogP contribution in [0, 0.1) is 0 Å². The number of benzene rings is 1. The second-order valence-corrected chi connectivity index (χ2v) is 4.92. The minimum Gasteiger partial charge on any atom is -0.494 e. The van der Waals surface area contributed by atoms with Gasteiger partial charge < -0.3 is 10.1 Å². The largest absolute Gasteiger partial charge is 0.494 e. The highest BCUT2D eigenvalue weighted by molar-refractivity contribution is 5.35. The monoisotopic (exact) mass is 273 g/mol. The van der Waals surface area contributed by atoms with Crippen molar-refractivity contribution < 1.29 is 4.74 Å². The van der Waals surface area contributed by atoms with Crippen LogP contribution in [-0.2, 0) is 13.5 Å². The maximum Gasteiger partial charge on any atom is 0.124 e. The first-order valence-corrected chi connectivity index (χ1v) is 7.13. The Morgan fingerprint density at radius 3 is 2.85 bits per heavy atom. The summed E-state index contributed by atoms with van der Waals surface area (Å²) >= 11 is 0. The topological polar surface area (TPSA) is 39.1 Å². The molecule has 0 saturated carbocycles. The summed E-state index contributed by atoms with van der Waals surface area (Å²) < 4.78 is 7.51. The van der Waals surface area contributed by atoms with Crippen LogP contribution in [0.5, 0.6) is 5.75 Å². The molecule has 4 heteroatoms. The van der Waals surface area contributed by atoms with Crippen molar-refractivity contribution in [2.45, 2.75) is 26.3 Å². The summed E-state index contributed by atoms with van der Waals surface area (Å²) in [4.78, 5) is 0. The van der Waals surface area contributed by atoms with Gasteiger partial charge in [0.05, 0.1) is 12.8 Å². The van der Waals surface area contributed by atoms with Gasteiger partial charge in [0.25, 0.3) is 0 Å². The molecule has 4 nitrogen and oxygen atoms in total. The number of nitrogens with zero attached hydrogens (tertiary/aromatic N) is 2. The Morgan fingerprint density at radius 1 is 1.35 bits per heavy atom. The zero-order chi connectivity index (χ0) is 14.4. The minimum absolute atomic E-state index is 0.273. The molecule has 1 aromatic carbocycles. The molecule has 1 aromatic heterocycles. The van der Waals surface area contributed by atoms with Crippen molar-refractivity contribution in [2.24, 2.45) is 7.05 Å². The van der Waals surface area contributed by atoms with Gasteiger partial charge in [0.2, 0.25) is 0 Å². The molecule has 0 amide bonds. The Bertz CT molecular complexity index is 536. The molecule has 2 rings (SSSR count). The van der Waals surface area contributed by atoms with E-state index in [4.69, 9.17) is 4.74 Å². The Labute approximate surface area is 120 Å². The summed E-state index contributed by atoms with van der Waals surface area (Å²) in [6.07, 6.45) is 4.95. The van der Waals surface area contributed by atoms with E-state index in [1.807, 2.05) is 37.0 Å². The van der Waals surface area contributed by atoms with Crippen molar-refractivity contribution in [2.75, 3.05) is 13.2 Å². The predicted molar refractivity (Wildman–Crippen MR) is 80.9 cm³/mol. The molecule has 0 aliphatic heterocycles. The van der Waals surface area contributed by atoms with E-state index in [0.29, 0.717) is 6.61 Å². The lowest BCUT2D eigenvalue weighted by molar-refractivity contribution is 0.332. The van der Waals surface area contributed by atoms with Crippen LogP contribution >= 0.6 is 0 Å². The highest BCUT2D eigenvalue weighted by Crippen LogP contribution is 2.24. The smallest absolute Gasteiger partial charge is 0.124 e. The first-order chi connectivity index (χ1) is 9.70. The molecule has 0 aliphatic carbocycles. The molecule has 1 unspecified atom stereocenters. The van der Waals surface area contributed by atoms with Gasteiger partial charge in [0.1, 0.15) is 5.75 Å². The SMILES string of the molecule is CCOc1ccccc1C(C)NCCc1cnn(C)c1. The molecular weight excluding hydrogens is 250 g/mol. The molecule has 0 saturated heterocycles. The van der Waals surface area contributed by atoms with E-state index >= 15 is 0 Å². The molecular formula is C16H23N3O.